The van der Waals surface area contributed by atoms with Gasteiger partial charge in [-0.25, -0.2) is 4.39 Å². The zero-order valence-electron chi connectivity index (χ0n) is 12.0. The molecule has 3 nitrogen and oxygen atoms in total. The molecule has 0 radical (unpaired) electrons. The van der Waals surface area contributed by atoms with Crippen LogP contribution in [0.1, 0.15) is 38.2 Å². The lowest BCUT2D eigenvalue weighted by atomic mass is 9.69. The second-order valence-electron chi connectivity index (χ2n) is 5.39. The van der Waals surface area contributed by atoms with Crippen LogP contribution in [0.3, 0.4) is 0 Å². The van der Waals surface area contributed by atoms with Crippen molar-refractivity contribution in [3.8, 4) is 0 Å². The molecule has 1 atom stereocenters. The molecule has 0 aliphatic heterocycles. The number of ether oxygens (including phenoxy) is 1. The number of halogens is 2. The van der Waals surface area contributed by atoms with Crippen LogP contribution >= 0.6 is 15.9 Å². The fraction of sp³-hybridized carbons (Fsp3) is 0.500. The summed E-state index contributed by atoms with van der Waals surface area (Å²) in [5.74, 6) is -0.954. The van der Waals surface area contributed by atoms with E-state index >= 15 is 0 Å². The number of carbonyl (C=O) groups excluding carboxylic acids is 2. The van der Waals surface area contributed by atoms with Gasteiger partial charge in [-0.15, -0.1) is 0 Å². The van der Waals surface area contributed by atoms with Crippen LogP contribution in [0.15, 0.2) is 22.7 Å². The van der Waals surface area contributed by atoms with E-state index in [2.05, 4.69) is 15.9 Å². The second kappa shape index (κ2) is 6.69. The minimum atomic E-state index is -1.15. The molecule has 114 valence electrons. The summed E-state index contributed by atoms with van der Waals surface area (Å²) in [5, 5.41) is 0. The first-order valence-electron chi connectivity index (χ1n) is 7.13. The average Bonchev–Trinajstić information content (AvgIpc) is 2.40. The predicted octanol–water partition coefficient (Wildman–Crippen LogP) is 3.82. The van der Waals surface area contributed by atoms with Crippen LogP contribution in [-0.4, -0.2) is 18.4 Å². The van der Waals surface area contributed by atoms with Crippen LogP contribution in [0.5, 0.6) is 0 Å². The largest absolute Gasteiger partial charge is 0.465 e. The van der Waals surface area contributed by atoms with Crippen molar-refractivity contribution in [1.82, 2.24) is 0 Å². The van der Waals surface area contributed by atoms with Crippen LogP contribution in [0.25, 0.3) is 0 Å². The Hall–Kier alpha value is -1.23. The number of hydrogen-bond acceptors (Lipinski definition) is 3. The summed E-state index contributed by atoms with van der Waals surface area (Å²) in [6, 6.07) is 4.46. The van der Waals surface area contributed by atoms with Gasteiger partial charge < -0.3 is 4.74 Å². The molecule has 1 aromatic carbocycles. The SMILES string of the molecule is CCOC(=O)C1(Cc2cc(F)cc(Br)c2)CCCCC1=O. The van der Waals surface area contributed by atoms with Crippen LogP contribution < -0.4 is 0 Å². The van der Waals surface area contributed by atoms with Crippen LogP contribution in [0, 0.1) is 11.2 Å². The van der Waals surface area contributed by atoms with Gasteiger partial charge in [0.2, 0.25) is 0 Å². The van der Waals surface area contributed by atoms with Crippen molar-refractivity contribution in [1.29, 1.82) is 0 Å². The molecule has 21 heavy (non-hydrogen) atoms. The summed E-state index contributed by atoms with van der Waals surface area (Å²) in [6.45, 7) is 1.96. The molecule has 0 N–H and O–H groups in total. The molecule has 0 aromatic heterocycles. The molecule has 0 saturated heterocycles. The normalized spacial score (nSPS) is 22.1. The summed E-state index contributed by atoms with van der Waals surface area (Å²) >= 11 is 3.24. The maximum atomic E-state index is 13.5. The number of benzene rings is 1. The molecule has 1 saturated carbocycles. The Bertz CT molecular complexity index is 538. The van der Waals surface area contributed by atoms with Crippen LogP contribution in [-0.2, 0) is 20.7 Å². The molecule has 0 bridgehead atoms. The van der Waals surface area contributed by atoms with E-state index in [1.165, 1.54) is 12.1 Å². The minimum Gasteiger partial charge on any atom is -0.465 e. The molecular formula is C16H18BrFO3. The van der Waals surface area contributed by atoms with Crippen molar-refractivity contribution in [3.05, 3.63) is 34.1 Å². The zero-order valence-corrected chi connectivity index (χ0v) is 13.5. The van der Waals surface area contributed by atoms with Crippen LogP contribution in [0.2, 0.25) is 0 Å². The molecule has 1 aliphatic rings. The van der Waals surface area contributed by atoms with Crippen LogP contribution in [0.4, 0.5) is 4.39 Å². The molecule has 1 aliphatic carbocycles. The van der Waals surface area contributed by atoms with E-state index in [1.807, 2.05) is 0 Å². The number of ketones is 1. The molecule has 2 rings (SSSR count). The lowest BCUT2D eigenvalue weighted by Crippen LogP contribution is -2.44. The van der Waals surface area contributed by atoms with E-state index in [9.17, 15) is 14.0 Å². The highest BCUT2D eigenvalue weighted by Crippen LogP contribution is 2.38. The van der Waals surface area contributed by atoms with E-state index in [0.29, 0.717) is 22.9 Å². The summed E-state index contributed by atoms with van der Waals surface area (Å²) < 4.78 is 19.2. The predicted molar refractivity (Wildman–Crippen MR) is 80.3 cm³/mol. The first-order chi connectivity index (χ1) is 9.98. The van der Waals surface area contributed by atoms with Gasteiger partial charge >= 0.3 is 5.97 Å². The van der Waals surface area contributed by atoms with Crippen molar-refractivity contribution in [3.63, 3.8) is 0 Å². The minimum absolute atomic E-state index is 0.0902. The first kappa shape index (κ1) is 16.1. The molecular weight excluding hydrogens is 339 g/mol. The fourth-order valence-electron chi connectivity index (χ4n) is 2.90. The standard InChI is InChI=1S/C16H18BrFO3/c1-2-21-15(20)16(6-4-3-5-14(16)19)10-11-7-12(17)9-13(18)8-11/h7-9H,2-6,10H2,1H3. The molecule has 1 aromatic rings. The van der Waals surface area contributed by atoms with E-state index in [4.69, 9.17) is 4.74 Å². The molecule has 0 spiro atoms. The van der Waals surface area contributed by atoms with Crippen molar-refractivity contribution >= 4 is 27.7 Å². The van der Waals surface area contributed by atoms with Gasteiger partial charge in [-0.2, -0.15) is 0 Å². The number of hydrogen-bond donors (Lipinski definition) is 0. The maximum Gasteiger partial charge on any atom is 0.319 e. The third kappa shape index (κ3) is 3.51. The topological polar surface area (TPSA) is 43.4 Å². The first-order valence-corrected chi connectivity index (χ1v) is 7.93. The van der Waals surface area contributed by atoms with Gasteiger partial charge in [0, 0.05) is 10.9 Å². The van der Waals surface area contributed by atoms with E-state index in [0.717, 1.165) is 12.8 Å². The maximum absolute atomic E-state index is 13.5. The zero-order chi connectivity index (χ0) is 15.5. The van der Waals surface area contributed by atoms with Gasteiger partial charge in [-0.05, 0) is 49.9 Å². The molecule has 0 amide bonds. The van der Waals surface area contributed by atoms with Gasteiger partial charge in [0.1, 0.15) is 11.2 Å². The molecule has 1 unspecified atom stereocenters. The van der Waals surface area contributed by atoms with Gasteiger partial charge in [-0.1, -0.05) is 22.4 Å². The van der Waals surface area contributed by atoms with Crippen molar-refractivity contribution in [2.75, 3.05) is 6.61 Å². The highest BCUT2D eigenvalue weighted by atomic mass is 79.9. The Labute approximate surface area is 132 Å². The summed E-state index contributed by atoms with van der Waals surface area (Å²) in [4.78, 5) is 24.8. The monoisotopic (exact) mass is 356 g/mol. The molecule has 1 fully saturated rings. The Kier molecular flexibility index (Phi) is 5.14. The summed E-state index contributed by atoms with van der Waals surface area (Å²) in [7, 11) is 0. The van der Waals surface area contributed by atoms with E-state index < -0.39 is 11.4 Å². The third-order valence-corrected chi connectivity index (χ3v) is 4.34. The lowest BCUT2D eigenvalue weighted by molar-refractivity contribution is -0.162. The van der Waals surface area contributed by atoms with Crippen molar-refractivity contribution in [2.45, 2.75) is 39.0 Å². The van der Waals surface area contributed by atoms with E-state index in [-0.39, 0.29) is 24.6 Å². The fourth-order valence-corrected chi connectivity index (χ4v) is 3.41. The number of rotatable bonds is 4. The Morgan fingerprint density at radius 3 is 2.76 bits per heavy atom. The average molecular weight is 357 g/mol. The smallest absolute Gasteiger partial charge is 0.319 e. The van der Waals surface area contributed by atoms with Gasteiger partial charge in [0.25, 0.3) is 0 Å². The number of esters is 1. The van der Waals surface area contributed by atoms with Crippen molar-refractivity contribution in [2.24, 2.45) is 5.41 Å². The van der Waals surface area contributed by atoms with Crippen molar-refractivity contribution < 1.29 is 18.7 Å². The highest BCUT2D eigenvalue weighted by molar-refractivity contribution is 9.10. The Morgan fingerprint density at radius 1 is 1.38 bits per heavy atom. The van der Waals surface area contributed by atoms with Gasteiger partial charge in [0.15, 0.2) is 5.78 Å². The highest BCUT2D eigenvalue weighted by Gasteiger charge is 2.47. The molecule has 5 heteroatoms. The lowest BCUT2D eigenvalue weighted by Gasteiger charge is -2.33. The Balaban J connectivity index is 2.35. The molecule has 0 heterocycles. The summed E-state index contributed by atoms with van der Waals surface area (Å²) in [6.07, 6.45) is 2.66. The quantitative estimate of drug-likeness (QED) is 0.608. The third-order valence-electron chi connectivity index (χ3n) is 3.89. The van der Waals surface area contributed by atoms with Gasteiger partial charge in [-0.3, -0.25) is 9.59 Å². The van der Waals surface area contributed by atoms with E-state index in [1.54, 1.807) is 13.0 Å². The number of Topliss-reactive ketones (excluding diaryl/α,β-unsaturated/α-hetero) is 1. The Morgan fingerprint density at radius 2 is 2.14 bits per heavy atom. The van der Waals surface area contributed by atoms with Gasteiger partial charge in [0.05, 0.1) is 6.61 Å². The second-order valence-corrected chi connectivity index (χ2v) is 6.30. The number of carbonyl (C=O) groups is 2. The summed E-state index contributed by atoms with van der Waals surface area (Å²) in [5.41, 5.74) is -0.522.